The highest BCUT2D eigenvalue weighted by Gasteiger charge is 2.44. The monoisotopic (exact) mass is 930 g/mol. The van der Waals surface area contributed by atoms with Crippen LogP contribution in [-0.4, -0.2) is 99.6 Å². The Morgan fingerprint density at radius 2 is 1.84 bits per heavy atom. The zero-order valence-corrected chi connectivity index (χ0v) is 40.1. The Balaban J connectivity index is 1.31. The lowest BCUT2D eigenvalue weighted by Crippen LogP contribution is -2.60. The van der Waals surface area contributed by atoms with Crippen molar-refractivity contribution in [2.75, 3.05) is 26.2 Å². The Bertz CT molecular complexity index is 2430. The first kappa shape index (κ1) is 49.3. The fraction of sp³-hybridized carbons (Fsp3) is 0.564. The van der Waals surface area contributed by atoms with E-state index in [4.69, 9.17) is 20.2 Å². The predicted molar refractivity (Wildman–Crippen MR) is 262 cm³/mol. The molecule has 364 valence electrons. The van der Waals surface area contributed by atoms with E-state index < -0.39 is 53.4 Å². The number of hydrogen-bond acceptors (Lipinski definition) is 13. The number of nitrogens with one attached hydrogen (secondary N) is 3. The van der Waals surface area contributed by atoms with Gasteiger partial charge in [0.2, 0.25) is 0 Å². The minimum Gasteiger partial charge on any atom is -0.504 e. The van der Waals surface area contributed by atoms with Gasteiger partial charge in [-0.25, -0.2) is 0 Å². The van der Waals surface area contributed by atoms with Crippen LogP contribution in [0.2, 0.25) is 0 Å². The highest BCUT2D eigenvalue weighted by Crippen LogP contribution is 2.43. The standard InChI is InChI=1S/C55H71N5O8/c1-33-17-34(2)19-39(18-33)22-43-30-57-53(56)59-31-54(35(3)61)14-11-41-21-38-8-6-10-44(23-37-7-5-9-40(43)20-37)58-32-55(28-38)29-46(13-16-60-55)68-51-25-42(48(52(65)66)27-49(51)64)24-47(41)50(67-36(4)62)26-45(63)12-15-54/h5,7,9,17-20,25,27,35,38,41,43-47,50,52,58,60-61,63-66H,10,12-13,15-16,21-24,26,28-32H2,1-4H3,(H3,56,57,59)/t35-,38+,41+,43-,44-,45-,46+,47+,50-,54+,55+/m0/s1. The molecular weight excluding hydrogens is 859 g/mol. The summed E-state index contributed by atoms with van der Waals surface area (Å²) in [5.74, 6) is 12.9. The number of piperidine rings is 1. The topological polar surface area (TPSA) is 211 Å². The summed E-state index contributed by atoms with van der Waals surface area (Å²) in [5, 5.41) is 67.9. The molecule has 5 aliphatic rings. The molecule has 13 heteroatoms. The number of phenols is 1. The van der Waals surface area contributed by atoms with Crippen molar-refractivity contribution in [3.8, 4) is 35.2 Å². The van der Waals surface area contributed by atoms with Crippen LogP contribution in [0.15, 0.2) is 59.6 Å². The molecule has 1 saturated heterocycles. The van der Waals surface area contributed by atoms with E-state index in [1.165, 1.54) is 40.8 Å². The quantitative estimate of drug-likeness (QED) is 0.0966. The molecule has 4 heterocycles. The van der Waals surface area contributed by atoms with Crippen molar-refractivity contribution in [1.29, 1.82) is 0 Å². The van der Waals surface area contributed by atoms with Crippen molar-refractivity contribution in [3.63, 3.8) is 0 Å². The van der Waals surface area contributed by atoms with E-state index in [9.17, 15) is 30.3 Å². The lowest BCUT2D eigenvalue weighted by molar-refractivity contribution is -0.152. The molecule has 11 atom stereocenters. The average molecular weight is 930 g/mol. The number of aromatic hydroxyl groups is 1. The zero-order valence-electron chi connectivity index (χ0n) is 40.1. The van der Waals surface area contributed by atoms with Crippen LogP contribution < -0.4 is 26.4 Å². The van der Waals surface area contributed by atoms with Crippen LogP contribution in [0.4, 0.5) is 0 Å². The van der Waals surface area contributed by atoms with Gasteiger partial charge in [0.1, 0.15) is 12.2 Å². The first-order valence-corrected chi connectivity index (χ1v) is 24.7. The molecule has 1 fully saturated rings. The zero-order chi connectivity index (χ0) is 48.2. The number of nitrogens with two attached hydrogens (primary N) is 1. The third kappa shape index (κ3) is 12.0. The maximum absolute atomic E-state index is 13.0. The number of nitrogens with zero attached hydrogens (tertiary/aromatic N) is 1. The number of rotatable bonds is 5. The molecule has 13 nitrogen and oxygen atoms in total. The number of esters is 1. The lowest BCUT2D eigenvalue weighted by atomic mass is 9.70. The van der Waals surface area contributed by atoms with E-state index in [2.05, 4.69) is 95.9 Å². The molecule has 0 aromatic heterocycles. The van der Waals surface area contributed by atoms with Gasteiger partial charge in [0.05, 0.1) is 24.2 Å². The van der Waals surface area contributed by atoms with E-state index >= 15 is 0 Å². The first-order chi connectivity index (χ1) is 32.5. The summed E-state index contributed by atoms with van der Waals surface area (Å²) in [7, 11) is 0. The summed E-state index contributed by atoms with van der Waals surface area (Å²) in [6.07, 6.45) is 0.203. The number of aliphatic imine (C=N–C) groups is 1. The minimum absolute atomic E-state index is 0.0199. The Hall–Kier alpha value is -5.12. The smallest absolute Gasteiger partial charge is 0.302 e. The van der Waals surface area contributed by atoms with Crippen molar-refractivity contribution in [2.45, 2.75) is 147 Å². The van der Waals surface area contributed by atoms with Gasteiger partial charge in [0, 0.05) is 80.1 Å². The summed E-state index contributed by atoms with van der Waals surface area (Å²) < 4.78 is 12.9. The normalized spacial score (nSPS) is 31.3. The third-order valence-corrected chi connectivity index (χ3v) is 15.2. The molecule has 4 aliphatic heterocycles. The van der Waals surface area contributed by atoms with Crippen LogP contribution in [0, 0.1) is 60.7 Å². The SMILES string of the molecule is CC(=O)O[C@H]1C[C@@H](O)CC[C@]2([C@H](C)O)C#C[C@@H]3C[C@H]4C#CC[C@@H](Cc5cccc(c5)[C@@H](Cc5cc(C)cc(C)c5)CNC(N)=NC2)NC[C@@]2(C4)C[C@@H](CCN2)Oc2cc(c(C(O)O)cc2O)C[C@H]31. The Kier molecular flexibility index (Phi) is 15.4. The summed E-state index contributed by atoms with van der Waals surface area (Å²) >= 11 is 0. The van der Waals surface area contributed by atoms with Crippen LogP contribution in [0.1, 0.15) is 116 Å². The number of phenolic OH excluding ortho intramolecular Hbond substituents is 1. The molecule has 0 radical (unpaired) electrons. The molecule has 0 amide bonds. The van der Waals surface area contributed by atoms with E-state index in [-0.39, 0.29) is 79.2 Å². The number of carbonyl (C=O) groups excluding carboxylic acids is 1. The summed E-state index contributed by atoms with van der Waals surface area (Å²) in [5.41, 5.74) is 11.7. The fourth-order valence-electron chi connectivity index (χ4n) is 11.6. The number of carbonyl (C=O) groups is 1. The van der Waals surface area contributed by atoms with Crippen molar-refractivity contribution >= 4 is 11.9 Å². The maximum Gasteiger partial charge on any atom is 0.302 e. The van der Waals surface area contributed by atoms with E-state index in [1.54, 1.807) is 13.0 Å². The highest BCUT2D eigenvalue weighted by molar-refractivity contribution is 5.78. The van der Waals surface area contributed by atoms with Crippen LogP contribution in [0.25, 0.3) is 0 Å². The van der Waals surface area contributed by atoms with Gasteiger partial charge >= 0.3 is 5.97 Å². The van der Waals surface area contributed by atoms with Gasteiger partial charge in [-0.1, -0.05) is 71.4 Å². The molecule has 0 saturated carbocycles. The molecule has 10 N–H and O–H groups in total. The number of ether oxygens (including phenoxy) is 2. The van der Waals surface area contributed by atoms with Gasteiger partial charge in [0.25, 0.3) is 0 Å². The number of aryl methyl sites for hydroxylation is 2. The molecular formula is C55H71N5O8. The second-order valence-electron chi connectivity index (χ2n) is 20.7. The number of aliphatic hydroxyl groups is 4. The van der Waals surface area contributed by atoms with Gasteiger partial charge in [-0.15, -0.1) is 5.92 Å². The summed E-state index contributed by atoms with van der Waals surface area (Å²) in [4.78, 5) is 17.9. The highest BCUT2D eigenvalue weighted by atomic mass is 16.5. The van der Waals surface area contributed by atoms with Crippen LogP contribution >= 0.6 is 0 Å². The molecule has 1 aliphatic carbocycles. The second kappa shape index (κ2) is 21.3. The van der Waals surface area contributed by atoms with Crippen LogP contribution in [-0.2, 0) is 28.8 Å². The first-order valence-electron chi connectivity index (χ1n) is 24.7. The molecule has 1 spiro atoms. The number of benzene rings is 3. The Morgan fingerprint density at radius 1 is 1.03 bits per heavy atom. The molecule has 68 heavy (non-hydrogen) atoms. The molecule has 8 rings (SSSR count). The van der Waals surface area contributed by atoms with Crippen LogP contribution in [0.5, 0.6) is 11.5 Å². The van der Waals surface area contributed by atoms with E-state index in [0.717, 1.165) is 12.8 Å². The van der Waals surface area contributed by atoms with Crippen molar-refractivity contribution < 1.29 is 39.8 Å². The third-order valence-electron chi connectivity index (χ3n) is 15.2. The Morgan fingerprint density at radius 3 is 2.60 bits per heavy atom. The predicted octanol–water partition coefficient (Wildman–Crippen LogP) is 4.75. The summed E-state index contributed by atoms with van der Waals surface area (Å²) in [6.45, 7) is 9.14. The largest absolute Gasteiger partial charge is 0.504 e. The minimum atomic E-state index is -1.94. The second-order valence-corrected chi connectivity index (χ2v) is 20.7. The van der Waals surface area contributed by atoms with E-state index in [0.29, 0.717) is 57.3 Å². The summed E-state index contributed by atoms with van der Waals surface area (Å²) in [6, 6.07) is 18.5. The molecule has 10 bridgehead atoms. The average Bonchev–Trinajstić information content (AvgIpc) is 3.35. The molecule has 3 aromatic carbocycles. The number of fused-ring (bicyclic) bond motifs is 8. The van der Waals surface area contributed by atoms with Gasteiger partial charge in [0.15, 0.2) is 23.7 Å². The Labute approximate surface area is 401 Å². The molecule has 3 aromatic rings. The van der Waals surface area contributed by atoms with Crippen molar-refractivity contribution in [2.24, 2.45) is 33.9 Å². The van der Waals surface area contributed by atoms with Crippen molar-refractivity contribution in [1.82, 2.24) is 16.0 Å². The molecule has 0 unspecified atom stereocenters. The van der Waals surface area contributed by atoms with Crippen molar-refractivity contribution in [3.05, 3.63) is 93.5 Å². The number of aliphatic hydroxyl groups excluding tert-OH is 3. The van der Waals surface area contributed by atoms with Gasteiger partial charge in [-0.2, -0.15) is 0 Å². The van der Waals surface area contributed by atoms with Gasteiger partial charge in [-0.3, -0.25) is 9.79 Å². The number of guanidine groups is 1. The number of hydrogen-bond donors (Lipinski definition) is 9. The van der Waals surface area contributed by atoms with Crippen LogP contribution in [0.3, 0.4) is 0 Å². The van der Waals surface area contributed by atoms with Gasteiger partial charge in [-0.05, 0) is 113 Å². The maximum atomic E-state index is 13.0. The fourth-order valence-corrected chi connectivity index (χ4v) is 11.6. The van der Waals surface area contributed by atoms with E-state index in [1.807, 2.05) is 0 Å². The lowest BCUT2D eigenvalue weighted by Gasteiger charge is -2.44. The van der Waals surface area contributed by atoms with Gasteiger partial charge < -0.3 is 56.7 Å².